The van der Waals surface area contributed by atoms with Crippen molar-refractivity contribution in [2.45, 2.75) is 6.92 Å². The molecule has 1 N–H and O–H groups in total. The zero-order chi connectivity index (χ0) is 17.5. The summed E-state index contributed by atoms with van der Waals surface area (Å²) in [5.74, 6) is 1.83. The van der Waals surface area contributed by atoms with E-state index in [1.165, 1.54) is 7.11 Å². The fraction of sp³-hybridized carbons (Fsp3) is 0.278. The summed E-state index contributed by atoms with van der Waals surface area (Å²) in [6, 6.07) is 10.6. The minimum atomic E-state index is -0.199. The molecule has 0 heterocycles. The first-order chi connectivity index (χ1) is 11.5. The second-order valence-corrected chi connectivity index (χ2v) is 5.49. The Balaban J connectivity index is 1.85. The second-order valence-electron chi connectivity index (χ2n) is 5.08. The number of carbonyl (C=O) groups is 1. The van der Waals surface area contributed by atoms with Gasteiger partial charge in [-0.25, -0.2) is 0 Å². The van der Waals surface area contributed by atoms with Gasteiger partial charge < -0.3 is 19.5 Å². The number of aryl methyl sites for hydroxylation is 1. The van der Waals surface area contributed by atoms with Crippen LogP contribution in [0.25, 0.3) is 0 Å². The van der Waals surface area contributed by atoms with Crippen molar-refractivity contribution in [3.05, 3.63) is 52.5 Å². The molecule has 0 atom stereocenters. The maximum Gasteiger partial charge on any atom is 0.251 e. The minimum Gasteiger partial charge on any atom is -0.497 e. The molecule has 0 spiro atoms. The Hall–Kier alpha value is -2.40. The summed E-state index contributed by atoms with van der Waals surface area (Å²) < 4.78 is 15.8. The molecular weight excluding hydrogens is 330 g/mol. The van der Waals surface area contributed by atoms with E-state index >= 15 is 0 Å². The zero-order valence-corrected chi connectivity index (χ0v) is 14.6. The first kappa shape index (κ1) is 17.9. The van der Waals surface area contributed by atoms with Crippen molar-refractivity contribution in [3.8, 4) is 17.2 Å². The molecule has 0 aliphatic heterocycles. The number of hydrogen-bond acceptors (Lipinski definition) is 4. The molecule has 0 saturated carbocycles. The highest BCUT2D eigenvalue weighted by molar-refractivity contribution is 6.32. The van der Waals surface area contributed by atoms with Gasteiger partial charge in [-0.1, -0.05) is 11.6 Å². The first-order valence-corrected chi connectivity index (χ1v) is 7.82. The van der Waals surface area contributed by atoms with Crippen LogP contribution in [0.2, 0.25) is 5.02 Å². The molecule has 0 saturated heterocycles. The number of ether oxygens (including phenoxy) is 3. The third kappa shape index (κ3) is 4.55. The number of hydrogen-bond donors (Lipinski definition) is 1. The molecule has 0 fully saturated rings. The molecule has 0 unspecified atom stereocenters. The van der Waals surface area contributed by atoms with Gasteiger partial charge in [0.25, 0.3) is 5.91 Å². The number of amides is 1. The van der Waals surface area contributed by atoms with Crippen LogP contribution in [0.1, 0.15) is 15.9 Å². The summed E-state index contributed by atoms with van der Waals surface area (Å²) in [4.78, 5) is 12.2. The van der Waals surface area contributed by atoms with Crippen molar-refractivity contribution in [2.75, 3.05) is 27.4 Å². The van der Waals surface area contributed by atoms with Crippen LogP contribution in [-0.4, -0.2) is 33.3 Å². The predicted octanol–water partition coefficient (Wildman–Crippen LogP) is 3.47. The minimum absolute atomic E-state index is 0.199. The SMILES string of the molecule is COc1ccc(OCCNC(=O)c2cc(Cl)c(OC)cc2C)cc1. The van der Waals surface area contributed by atoms with Crippen LogP contribution >= 0.6 is 11.6 Å². The molecule has 0 aliphatic rings. The van der Waals surface area contributed by atoms with Crippen molar-refractivity contribution < 1.29 is 19.0 Å². The molecule has 5 nitrogen and oxygen atoms in total. The summed E-state index contributed by atoms with van der Waals surface area (Å²) in [5.41, 5.74) is 1.31. The summed E-state index contributed by atoms with van der Waals surface area (Å²) in [5, 5.41) is 3.21. The highest BCUT2D eigenvalue weighted by atomic mass is 35.5. The Morgan fingerprint density at radius 2 is 1.75 bits per heavy atom. The van der Waals surface area contributed by atoms with Gasteiger partial charge in [0.1, 0.15) is 23.9 Å². The average Bonchev–Trinajstić information content (AvgIpc) is 2.60. The van der Waals surface area contributed by atoms with Crippen molar-refractivity contribution in [3.63, 3.8) is 0 Å². The summed E-state index contributed by atoms with van der Waals surface area (Å²) in [6.45, 7) is 2.58. The standard InChI is InChI=1S/C18H20ClNO4/c1-12-10-17(23-3)16(19)11-15(12)18(21)20-8-9-24-14-6-4-13(22-2)5-7-14/h4-7,10-11H,8-9H2,1-3H3,(H,20,21). The van der Waals surface area contributed by atoms with Crippen molar-refractivity contribution >= 4 is 17.5 Å². The predicted molar refractivity (Wildman–Crippen MR) is 93.6 cm³/mol. The summed E-state index contributed by atoms with van der Waals surface area (Å²) in [6.07, 6.45) is 0. The smallest absolute Gasteiger partial charge is 0.251 e. The number of benzene rings is 2. The molecule has 6 heteroatoms. The van der Waals surface area contributed by atoms with Gasteiger partial charge >= 0.3 is 0 Å². The van der Waals surface area contributed by atoms with Crippen LogP contribution in [0.3, 0.4) is 0 Å². The fourth-order valence-electron chi connectivity index (χ4n) is 2.16. The number of methoxy groups -OCH3 is 2. The molecule has 2 rings (SSSR count). The van der Waals surface area contributed by atoms with Gasteiger partial charge in [0, 0.05) is 5.56 Å². The highest BCUT2D eigenvalue weighted by Gasteiger charge is 2.12. The van der Waals surface area contributed by atoms with Crippen molar-refractivity contribution in [2.24, 2.45) is 0 Å². The second kappa shape index (κ2) is 8.45. The first-order valence-electron chi connectivity index (χ1n) is 7.44. The van der Waals surface area contributed by atoms with Crippen LogP contribution in [0.15, 0.2) is 36.4 Å². The molecule has 128 valence electrons. The quantitative estimate of drug-likeness (QED) is 0.777. The Morgan fingerprint density at radius 1 is 1.08 bits per heavy atom. The molecule has 24 heavy (non-hydrogen) atoms. The lowest BCUT2D eigenvalue weighted by molar-refractivity contribution is 0.0946. The van der Waals surface area contributed by atoms with E-state index in [1.807, 2.05) is 31.2 Å². The molecular formula is C18H20ClNO4. The van der Waals surface area contributed by atoms with Crippen LogP contribution in [0, 0.1) is 6.92 Å². The van der Waals surface area contributed by atoms with Crippen LogP contribution in [0.5, 0.6) is 17.2 Å². The van der Waals surface area contributed by atoms with Gasteiger partial charge in [0.2, 0.25) is 0 Å². The van der Waals surface area contributed by atoms with E-state index < -0.39 is 0 Å². The Kier molecular flexibility index (Phi) is 6.32. The lowest BCUT2D eigenvalue weighted by Gasteiger charge is -2.11. The molecule has 0 radical (unpaired) electrons. The zero-order valence-electron chi connectivity index (χ0n) is 13.9. The molecule has 0 aromatic heterocycles. The third-order valence-electron chi connectivity index (χ3n) is 3.46. The highest BCUT2D eigenvalue weighted by Crippen LogP contribution is 2.27. The maximum absolute atomic E-state index is 12.2. The number of rotatable bonds is 7. The molecule has 0 aliphatic carbocycles. The van der Waals surface area contributed by atoms with E-state index in [0.29, 0.717) is 35.2 Å². The molecule has 0 bridgehead atoms. The van der Waals surface area contributed by atoms with E-state index in [9.17, 15) is 4.79 Å². The Labute approximate surface area is 146 Å². The molecule has 2 aromatic carbocycles. The van der Waals surface area contributed by atoms with E-state index in [-0.39, 0.29) is 5.91 Å². The van der Waals surface area contributed by atoms with Crippen molar-refractivity contribution in [1.82, 2.24) is 5.32 Å². The maximum atomic E-state index is 12.2. The number of carbonyl (C=O) groups excluding carboxylic acids is 1. The molecule has 2 aromatic rings. The summed E-state index contributed by atoms with van der Waals surface area (Å²) in [7, 11) is 3.15. The number of nitrogens with one attached hydrogen (secondary N) is 1. The van der Waals surface area contributed by atoms with E-state index in [1.54, 1.807) is 19.2 Å². The molecule has 1 amide bonds. The van der Waals surface area contributed by atoms with E-state index in [0.717, 1.165) is 11.3 Å². The third-order valence-corrected chi connectivity index (χ3v) is 3.75. The largest absolute Gasteiger partial charge is 0.497 e. The average molecular weight is 350 g/mol. The lowest BCUT2D eigenvalue weighted by atomic mass is 10.1. The van der Waals surface area contributed by atoms with Gasteiger partial charge in [-0.2, -0.15) is 0 Å². The normalized spacial score (nSPS) is 10.2. The Morgan fingerprint density at radius 3 is 2.38 bits per heavy atom. The number of halogens is 1. The monoisotopic (exact) mass is 349 g/mol. The van der Waals surface area contributed by atoms with E-state index in [2.05, 4.69) is 5.32 Å². The van der Waals surface area contributed by atoms with E-state index in [4.69, 9.17) is 25.8 Å². The fourth-order valence-corrected chi connectivity index (χ4v) is 2.40. The van der Waals surface area contributed by atoms with Crippen LogP contribution in [0.4, 0.5) is 0 Å². The van der Waals surface area contributed by atoms with Crippen LogP contribution in [-0.2, 0) is 0 Å². The van der Waals surface area contributed by atoms with Gasteiger partial charge in [-0.05, 0) is 48.9 Å². The topological polar surface area (TPSA) is 56.8 Å². The van der Waals surface area contributed by atoms with Crippen molar-refractivity contribution in [1.29, 1.82) is 0 Å². The van der Waals surface area contributed by atoms with Crippen LogP contribution < -0.4 is 19.5 Å². The van der Waals surface area contributed by atoms with Gasteiger partial charge in [0.05, 0.1) is 25.8 Å². The summed E-state index contributed by atoms with van der Waals surface area (Å²) >= 11 is 6.07. The van der Waals surface area contributed by atoms with Gasteiger partial charge in [-0.3, -0.25) is 4.79 Å². The lowest BCUT2D eigenvalue weighted by Crippen LogP contribution is -2.28. The Bertz CT molecular complexity index is 701. The van der Waals surface area contributed by atoms with Gasteiger partial charge in [-0.15, -0.1) is 0 Å². The van der Waals surface area contributed by atoms with Gasteiger partial charge in [0.15, 0.2) is 0 Å².